The Bertz CT molecular complexity index is 1030. The van der Waals surface area contributed by atoms with Crippen molar-refractivity contribution in [2.24, 2.45) is 0 Å². The van der Waals surface area contributed by atoms with Crippen LogP contribution in [0.3, 0.4) is 0 Å². The van der Waals surface area contributed by atoms with Crippen molar-refractivity contribution in [3.8, 4) is 0 Å². The topological polar surface area (TPSA) is 132 Å². The molecule has 4 heterocycles. The van der Waals surface area contributed by atoms with E-state index in [1.807, 2.05) is 30.3 Å². The molecule has 1 unspecified atom stereocenters. The fourth-order valence-electron chi connectivity index (χ4n) is 3.79. The molecule has 27 heavy (non-hydrogen) atoms. The summed E-state index contributed by atoms with van der Waals surface area (Å²) in [5.74, 6) is -2.82. The van der Waals surface area contributed by atoms with Crippen molar-refractivity contribution in [1.82, 2.24) is 9.55 Å². The number of carbonyl (C=O) groups excluding carboxylic acids is 1. The average Bonchev–Trinajstić information content (AvgIpc) is 3.30. The maximum Gasteiger partial charge on any atom is 0.408 e. The van der Waals surface area contributed by atoms with Crippen LogP contribution >= 0.6 is 0 Å². The smallest absolute Gasteiger partial charge is 0.385 e. The first-order valence-electron chi connectivity index (χ1n) is 8.27. The highest BCUT2D eigenvalue weighted by Gasteiger charge is 2.89. The van der Waals surface area contributed by atoms with Gasteiger partial charge in [0, 0.05) is 18.7 Å². The molecule has 3 aliphatic heterocycles. The second-order valence-electron chi connectivity index (χ2n) is 6.63. The van der Waals surface area contributed by atoms with Gasteiger partial charge in [0.2, 0.25) is 0 Å². The number of benzene rings is 1. The number of hydrogen-bond acceptors (Lipinski definition) is 8. The highest BCUT2D eigenvalue weighted by molar-refractivity contribution is 5.84. The van der Waals surface area contributed by atoms with E-state index >= 15 is 0 Å². The van der Waals surface area contributed by atoms with Gasteiger partial charge in [0.15, 0.2) is 11.8 Å². The number of nitrogens with one attached hydrogen (secondary N) is 1. The predicted molar refractivity (Wildman–Crippen MR) is 85.1 cm³/mol. The first-order valence-corrected chi connectivity index (χ1v) is 8.27. The minimum Gasteiger partial charge on any atom is -0.385 e. The fourth-order valence-corrected chi connectivity index (χ4v) is 3.79. The molecule has 0 radical (unpaired) electrons. The molecule has 10 nitrogen and oxygen atoms in total. The van der Waals surface area contributed by atoms with Crippen molar-refractivity contribution in [2.45, 2.75) is 36.2 Å². The van der Waals surface area contributed by atoms with Crippen molar-refractivity contribution in [3.05, 3.63) is 69.0 Å². The molecule has 0 saturated carbocycles. The summed E-state index contributed by atoms with van der Waals surface area (Å²) in [4.78, 5) is 47.0. The van der Waals surface area contributed by atoms with Crippen LogP contribution in [0.4, 0.5) is 0 Å². The third-order valence-electron chi connectivity index (χ3n) is 5.16. The molecule has 10 heteroatoms. The highest BCUT2D eigenvalue weighted by atomic mass is 17.3. The lowest BCUT2D eigenvalue weighted by Gasteiger charge is -2.35. The van der Waals surface area contributed by atoms with Crippen LogP contribution in [0.15, 0.2) is 52.2 Å². The van der Waals surface area contributed by atoms with E-state index in [9.17, 15) is 19.5 Å². The Kier molecular flexibility index (Phi) is 3.25. The molecule has 3 fully saturated rings. The van der Waals surface area contributed by atoms with E-state index in [1.54, 1.807) is 0 Å². The Balaban J connectivity index is 1.52. The Labute approximate surface area is 150 Å². The number of carbonyl (C=O) groups is 1. The molecule has 1 aromatic carbocycles. The molecule has 2 N–H and O–H groups in total. The SMILES string of the molecule is O=C1OO[C@@]12O[C@@H](n1ccc(=O)[nH]c1=O)[C@H](O)[C@]21OC1Cc1ccccc1. The van der Waals surface area contributed by atoms with E-state index in [0.29, 0.717) is 6.42 Å². The lowest BCUT2D eigenvalue weighted by Crippen LogP contribution is -2.64. The molecule has 0 aliphatic carbocycles. The summed E-state index contributed by atoms with van der Waals surface area (Å²) in [6.07, 6.45) is -1.75. The van der Waals surface area contributed by atoms with Gasteiger partial charge in [0.05, 0.1) is 0 Å². The first-order chi connectivity index (χ1) is 13.0. The van der Waals surface area contributed by atoms with Gasteiger partial charge in [-0.25, -0.2) is 9.59 Å². The maximum atomic E-state index is 12.2. The van der Waals surface area contributed by atoms with Crippen LogP contribution in [0.1, 0.15) is 11.8 Å². The summed E-state index contributed by atoms with van der Waals surface area (Å²) < 4.78 is 12.3. The molecule has 5 rings (SSSR count). The van der Waals surface area contributed by atoms with Gasteiger partial charge in [0.1, 0.15) is 12.2 Å². The Morgan fingerprint density at radius 2 is 1.89 bits per heavy atom. The van der Waals surface area contributed by atoms with Crippen LogP contribution in [0, 0.1) is 0 Å². The predicted octanol–water partition coefficient (Wildman–Crippen LogP) is -1.01. The first kappa shape index (κ1) is 16.4. The van der Waals surface area contributed by atoms with Crippen molar-refractivity contribution >= 4 is 5.97 Å². The van der Waals surface area contributed by atoms with E-state index in [-0.39, 0.29) is 0 Å². The zero-order valence-corrected chi connectivity index (χ0v) is 13.7. The minimum atomic E-state index is -1.97. The number of aromatic nitrogens is 2. The lowest BCUT2D eigenvalue weighted by molar-refractivity contribution is -0.473. The van der Waals surface area contributed by atoms with Gasteiger partial charge < -0.3 is 14.6 Å². The third-order valence-corrected chi connectivity index (χ3v) is 5.16. The minimum absolute atomic E-state index is 0.396. The van der Waals surface area contributed by atoms with E-state index in [1.165, 1.54) is 6.20 Å². The van der Waals surface area contributed by atoms with Gasteiger partial charge in [0.25, 0.3) is 5.56 Å². The van der Waals surface area contributed by atoms with Crippen LogP contribution in [0.25, 0.3) is 0 Å². The summed E-state index contributed by atoms with van der Waals surface area (Å²) in [6.45, 7) is 0. The molecule has 2 aromatic rings. The summed E-state index contributed by atoms with van der Waals surface area (Å²) in [7, 11) is 0. The number of aliphatic hydroxyl groups is 1. The zero-order valence-electron chi connectivity index (χ0n) is 13.7. The van der Waals surface area contributed by atoms with E-state index in [0.717, 1.165) is 16.2 Å². The van der Waals surface area contributed by atoms with E-state index < -0.39 is 47.0 Å². The molecule has 1 aromatic heterocycles. The third kappa shape index (κ3) is 2.06. The van der Waals surface area contributed by atoms with Crippen molar-refractivity contribution in [1.29, 1.82) is 0 Å². The monoisotopic (exact) mass is 374 g/mol. The molecular formula is C17H14N2O8. The number of epoxide rings is 1. The van der Waals surface area contributed by atoms with Crippen LogP contribution in [-0.4, -0.2) is 44.2 Å². The van der Waals surface area contributed by atoms with E-state index in [2.05, 4.69) is 9.87 Å². The van der Waals surface area contributed by atoms with Gasteiger partial charge >= 0.3 is 17.4 Å². The number of ether oxygens (including phenoxy) is 2. The normalized spacial score (nSPS) is 36.6. The van der Waals surface area contributed by atoms with Crippen LogP contribution < -0.4 is 11.2 Å². The average molecular weight is 374 g/mol. The van der Waals surface area contributed by atoms with Crippen LogP contribution in [-0.2, 0) is 30.5 Å². The number of aromatic amines is 1. The number of hydrogen-bond donors (Lipinski definition) is 2. The van der Waals surface area contributed by atoms with Crippen molar-refractivity contribution < 1.29 is 29.1 Å². The summed E-state index contributed by atoms with van der Waals surface area (Å²) in [6, 6.07) is 10.5. The van der Waals surface area contributed by atoms with E-state index in [4.69, 9.17) is 14.4 Å². The molecule has 0 bridgehead atoms. The van der Waals surface area contributed by atoms with Gasteiger partial charge in [-0.1, -0.05) is 30.3 Å². The lowest BCUT2D eigenvalue weighted by atomic mass is 9.87. The Hall–Kier alpha value is -2.79. The van der Waals surface area contributed by atoms with Gasteiger partial charge in [-0.05, 0) is 5.56 Å². The van der Waals surface area contributed by atoms with Crippen molar-refractivity contribution in [3.63, 3.8) is 0 Å². The molecule has 3 saturated heterocycles. The molecule has 2 spiro atoms. The van der Waals surface area contributed by atoms with Gasteiger partial charge in [-0.2, -0.15) is 0 Å². The highest BCUT2D eigenvalue weighted by Crippen LogP contribution is 2.62. The number of rotatable bonds is 3. The fraction of sp³-hybridized carbons (Fsp3) is 0.353. The molecule has 140 valence electrons. The second kappa shape index (κ2) is 5.36. The number of aliphatic hydroxyl groups excluding tert-OH is 1. The molecule has 0 amide bonds. The summed E-state index contributed by atoms with van der Waals surface area (Å²) >= 11 is 0. The summed E-state index contributed by atoms with van der Waals surface area (Å²) in [5.41, 5.74) is -1.99. The van der Waals surface area contributed by atoms with Gasteiger partial charge in [-0.15, -0.1) is 4.89 Å². The maximum absolute atomic E-state index is 12.2. The standard InChI is InChI=1S/C17H14N2O8/c20-11-6-7-19(15(23)18-11)13-12(21)16(17(25-13)14(22)26-27-17)10(24-16)8-9-4-2-1-3-5-9/h1-7,10,12-13,21H,8H2,(H,18,20,23)/t10?,12-,13+,16-,17-/m0/s1. The second-order valence-corrected chi connectivity index (χ2v) is 6.63. The molecular weight excluding hydrogens is 360 g/mol. The zero-order chi connectivity index (χ0) is 18.8. The molecule has 5 atom stereocenters. The summed E-state index contributed by atoms with van der Waals surface area (Å²) in [5, 5.41) is 10.9. The quantitative estimate of drug-likeness (QED) is 0.516. The number of nitrogens with zero attached hydrogens (tertiary/aromatic N) is 1. The van der Waals surface area contributed by atoms with Crippen molar-refractivity contribution in [2.75, 3.05) is 0 Å². The van der Waals surface area contributed by atoms with Crippen LogP contribution in [0.2, 0.25) is 0 Å². The largest absolute Gasteiger partial charge is 0.408 e. The number of H-pyrrole nitrogens is 1. The van der Waals surface area contributed by atoms with Crippen LogP contribution in [0.5, 0.6) is 0 Å². The van der Waals surface area contributed by atoms with Gasteiger partial charge in [-0.3, -0.25) is 19.2 Å². The Morgan fingerprint density at radius 3 is 2.52 bits per heavy atom. The Morgan fingerprint density at radius 1 is 1.11 bits per heavy atom. The number of fused-ring (bicyclic) bond motifs is 1. The molecule has 3 aliphatic rings.